The van der Waals surface area contributed by atoms with Gasteiger partial charge in [0.1, 0.15) is 0 Å². The van der Waals surface area contributed by atoms with Crippen molar-refractivity contribution in [2.75, 3.05) is 19.6 Å². The van der Waals surface area contributed by atoms with Crippen LogP contribution in [0, 0.1) is 0 Å². The Morgan fingerprint density at radius 1 is 1.11 bits per heavy atom. The summed E-state index contributed by atoms with van der Waals surface area (Å²) in [7, 11) is -3.58. The number of rotatable bonds is 8. The molecule has 28 heavy (non-hydrogen) atoms. The molecule has 1 aromatic heterocycles. The first-order valence-corrected chi connectivity index (χ1v) is 11.2. The van der Waals surface area contributed by atoms with Crippen LogP contribution < -0.4 is 10.0 Å². The number of hydrogen-bond donors (Lipinski definition) is 2. The number of aromatic nitrogens is 1. The molecule has 1 heterocycles. The van der Waals surface area contributed by atoms with Gasteiger partial charge in [-0.1, -0.05) is 51.8 Å². The van der Waals surface area contributed by atoms with Crippen LogP contribution in [-0.2, 0) is 10.0 Å². The van der Waals surface area contributed by atoms with E-state index < -0.39 is 10.0 Å². The number of sulfonamides is 1. The van der Waals surface area contributed by atoms with Crippen molar-refractivity contribution in [3.8, 4) is 0 Å². The van der Waals surface area contributed by atoms with Crippen LogP contribution in [0.5, 0.6) is 0 Å². The summed E-state index contributed by atoms with van der Waals surface area (Å²) in [6, 6.07) is 15.0. The molecule has 3 aromatic rings. The molecule has 0 saturated heterocycles. The van der Waals surface area contributed by atoms with Crippen molar-refractivity contribution in [1.82, 2.24) is 15.0 Å². The van der Waals surface area contributed by atoms with E-state index in [0.717, 1.165) is 15.4 Å². The molecule has 0 fully saturated rings. The third kappa shape index (κ3) is 5.48. The maximum absolute atomic E-state index is 12.6. The highest BCUT2D eigenvalue weighted by Gasteiger charge is 2.16. The average molecular weight is 460 g/mol. The van der Waals surface area contributed by atoms with Gasteiger partial charge in [-0.15, -0.1) is 0 Å². The zero-order valence-electron chi connectivity index (χ0n) is 15.5. The minimum absolute atomic E-state index is 0.277. The molecule has 0 atom stereocenters. The fourth-order valence-corrected chi connectivity index (χ4v) is 4.38. The van der Waals surface area contributed by atoms with E-state index in [1.165, 1.54) is 5.57 Å². The smallest absolute Gasteiger partial charge is 0.241 e. The highest BCUT2D eigenvalue weighted by molar-refractivity contribution is 9.10. The van der Waals surface area contributed by atoms with Gasteiger partial charge in [-0.2, -0.15) is 0 Å². The SMILES string of the molecule is C/C(=C\c1ccc(Br)cc1)CNCCNS(=O)(=O)c1cccc2cnccc12. The predicted molar refractivity (Wildman–Crippen MR) is 118 cm³/mol. The van der Waals surface area contributed by atoms with Gasteiger partial charge in [0, 0.05) is 47.3 Å². The largest absolute Gasteiger partial charge is 0.312 e. The molecule has 7 heteroatoms. The molecule has 0 aliphatic rings. The Bertz CT molecular complexity index is 1080. The Morgan fingerprint density at radius 2 is 1.89 bits per heavy atom. The molecule has 0 aliphatic carbocycles. The summed E-state index contributed by atoms with van der Waals surface area (Å²) in [5.74, 6) is 0. The summed E-state index contributed by atoms with van der Waals surface area (Å²) in [6.45, 7) is 3.59. The summed E-state index contributed by atoms with van der Waals surface area (Å²) >= 11 is 3.42. The minimum atomic E-state index is -3.58. The molecule has 0 spiro atoms. The van der Waals surface area contributed by atoms with Crippen LogP contribution in [0.2, 0.25) is 0 Å². The lowest BCUT2D eigenvalue weighted by molar-refractivity contribution is 0.579. The van der Waals surface area contributed by atoms with Crippen LogP contribution in [0.25, 0.3) is 16.8 Å². The van der Waals surface area contributed by atoms with Crippen molar-refractivity contribution < 1.29 is 8.42 Å². The van der Waals surface area contributed by atoms with E-state index in [-0.39, 0.29) is 4.90 Å². The van der Waals surface area contributed by atoms with Crippen LogP contribution in [0.1, 0.15) is 12.5 Å². The Kier molecular flexibility index (Phi) is 6.96. The molecule has 0 bridgehead atoms. The average Bonchev–Trinajstić information content (AvgIpc) is 2.69. The number of halogens is 1. The van der Waals surface area contributed by atoms with Gasteiger partial charge in [-0.25, -0.2) is 13.1 Å². The molecule has 0 saturated carbocycles. The quantitative estimate of drug-likeness (QED) is 0.499. The van der Waals surface area contributed by atoms with Crippen LogP contribution in [0.15, 0.2) is 75.9 Å². The summed E-state index contributed by atoms with van der Waals surface area (Å²) in [4.78, 5) is 4.32. The maximum atomic E-state index is 12.6. The van der Waals surface area contributed by atoms with Gasteiger partial charge in [0.25, 0.3) is 0 Å². The van der Waals surface area contributed by atoms with Crippen molar-refractivity contribution >= 4 is 42.8 Å². The van der Waals surface area contributed by atoms with Crippen LogP contribution in [0.4, 0.5) is 0 Å². The summed E-state index contributed by atoms with van der Waals surface area (Å²) in [5.41, 5.74) is 2.31. The third-order valence-electron chi connectivity index (χ3n) is 4.21. The third-order valence-corrected chi connectivity index (χ3v) is 6.26. The van der Waals surface area contributed by atoms with Gasteiger partial charge >= 0.3 is 0 Å². The Balaban J connectivity index is 1.52. The predicted octanol–water partition coefficient (Wildman–Crippen LogP) is 3.97. The highest BCUT2D eigenvalue weighted by Crippen LogP contribution is 2.21. The summed E-state index contributed by atoms with van der Waals surface area (Å²) in [6.07, 6.45) is 5.37. The number of pyridine rings is 1. The molecule has 0 amide bonds. The summed E-state index contributed by atoms with van der Waals surface area (Å²) < 4.78 is 29.0. The van der Waals surface area contributed by atoms with Gasteiger partial charge in [0.15, 0.2) is 0 Å². The van der Waals surface area contributed by atoms with Crippen LogP contribution in [-0.4, -0.2) is 33.0 Å². The molecule has 2 aromatic carbocycles. The molecule has 0 aliphatic heterocycles. The van der Waals surface area contributed by atoms with E-state index in [1.54, 1.807) is 30.6 Å². The van der Waals surface area contributed by atoms with Crippen molar-refractivity contribution in [1.29, 1.82) is 0 Å². The van der Waals surface area contributed by atoms with E-state index >= 15 is 0 Å². The fraction of sp³-hybridized carbons (Fsp3) is 0.190. The molecule has 2 N–H and O–H groups in total. The van der Waals surface area contributed by atoms with Crippen molar-refractivity contribution in [3.05, 3.63) is 76.5 Å². The lowest BCUT2D eigenvalue weighted by atomic mass is 10.1. The molecule has 5 nitrogen and oxygen atoms in total. The molecule has 0 radical (unpaired) electrons. The van der Waals surface area contributed by atoms with Crippen molar-refractivity contribution in [2.45, 2.75) is 11.8 Å². The molecular formula is C21H22BrN3O2S. The Labute approximate surface area is 174 Å². The summed E-state index contributed by atoms with van der Waals surface area (Å²) in [5, 5.41) is 4.74. The first kappa shape index (κ1) is 20.7. The standard InChI is InChI=1S/C21H22BrN3O2S/c1-16(13-17-5-7-19(22)8-6-17)14-24-11-12-25-28(26,27)21-4-2-3-18-15-23-10-9-20(18)21/h2-10,13,15,24-25H,11-12,14H2,1H3/b16-13+. The van der Waals surface area contributed by atoms with E-state index in [1.807, 2.05) is 37.3 Å². The second kappa shape index (κ2) is 9.43. The van der Waals surface area contributed by atoms with Crippen LogP contribution >= 0.6 is 15.9 Å². The molecule has 3 rings (SSSR count). The van der Waals surface area contributed by atoms with Gasteiger partial charge in [0.2, 0.25) is 10.0 Å². The number of nitrogens with one attached hydrogen (secondary N) is 2. The van der Waals surface area contributed by atoms with Gasteiger partial charge in [-0.3, -0.25) is 4.98 Å². The zero-order valence-corrected chi connectivity index (χ0v) is 17.9. The number of hydrogen-bond acceptors (Lipinski definition) is 4. The molecular weight excluding hydrogens is 438 g/mol. The topological polar surface area (TPSA) is 71.1 Å². The van der Waals surface area contributed by atoms with Gasteiger partial charge in [-0.05, 0) is 36.8 Å². The van der Waals surface area contributed by atoms with Crippen molar-refractivity contribution in [3.63, 3.8) is 0 Å². The Hall–Kier alpha value is -2.06. The second-order valence-corrected chi connectivity index (χ2v) is 9.12. The Morgan fingerprint density at radius 3 is 2.68 bits per heavy atom. The number of nitrogens with zero attached hydrogens (tertiary/aromatic N) is 1. The van der Waals surface area contributed by atoms with E-state index in [9.17, 15) is 8.42 Å². The van der Waals surface area contributed by atoms with Crippen molar-refractivity contribution in [2.24, 2.45) is 0 Å². The monoisotopic (exact) mass is 459 g/mol. The van der Waals surface area contributed by atoms with E-state index in [0.29, 0.717) is 25.0 Å². The minimum Gasteiger partial charge on any atom is -0.312 e. The van der Waals surface area contributed by atoms with E-state index in [2.05, 4.69) is 37.0 Å². The second-order valence-electron chi connectivity index (χ2n) is 6.47. The highest BCUT2D eigenvalue weighted by atomic mass is 79.9. The van der Waals surface area contributed by atoms with Gasteiger partial charge in [0.05, 0.1) is 4.90 Å². The lowest BCUT2D eigenvalue weighted by Gasteiger charge is -2.10. The molecule has 0 unspecified atom stereocenters. The lowest BCUT2D eigenvalue weighted by Crippen LogP contribution is -2.32. The number of benzene rings is 2. The fourth-order valence-electron chi connectivity index (χ4n) is 2.86. The normalized spacial score (nSPS) is 12.4. The van der Waals surface area contributed by atoms with Crippen LogP contribution in [0.3, 0.4) is 0 Å². The first-order chi connectivity index (χ1) is 13.5. The maximum Gasteiger partial charge on any atom is 0.241 e. The van der Waals surface area contributed by atoms with E-state index in [4.69, 9.17) is 0 Å². The zero-order chi connectivity index (χ0) is 20.0. The molecule has 146 valence electrons. The first-order valence-electron chi connectivity index (χ1n) is 8.91. The number of fused-ring (bicyclic) bond motifs is 1. The van der Waals surface area contributed by atoms with Gasteiger partial charge < -0.3 is 5.32 Å².